The van der Waals surface area contributed by atoms with Crippen molar-refractivity contribution in [1.29, 1.82) is 0 Å². The maximum absolute atomic E-state index is 12.2. The van der Waals surface area contributed by atoms with E-state index in [2.05, 4.69) is 10.3 Å². The Bertz CT molecular complexity index is 586. The molecule has 2 aliphatic rings. The van der Waals surface area contributed by atoms with Gasteiger partial charge >= 0.3 is 0 Å². The van der Waals surface area contributed by atoms with Gasteiger partial charge in [0.25, 0.3) is 0 Å². The summed E-state index contributed by atoms with van der Waals surface area (Å²) in [5, 5.41) is 5.04. The lowest BCUT2D eigenvalue weighted by molar-refractivity contribution is -0.140. The molecule has 6 nitrogen and oxygen atoms in total. The standard InChI is InChI=1S/C15H17N3O3S/c19-12(17-15-16-7-9-22-15)6-3-8-18-13(20)10-4-1-2-5-11(10)14(18)21/h1-2,7,9-11H,3-6,8H2,(H,16,17,19)/t10-,11-/m1/s1. The first-order valence-corrected chi connectivity index (χ1v) is 8.24. The third-order valence-corrected chi connectivity index (χ3v) is 4.75. The first-order chi connectivity index (χ1) is 10.7. The molecule has 2 heterocycles. The number of fused-ring (bicyclic) bond motifs is 1. The monoisotopic (exact) mass is 319 g/mol. The molecular weight excluding hydrogens is 302 g/mol. The molecule has 7 heteroatoms. The van der Waals surface area contributed by atoms with Gasteiger partial charge in [-0.1, -0.05) is 12.2 Å². The highest BCUT2D eigenvalue weighted by Crippen LogP contribution is 2.35. The molecule has 3 rings (SSSR count). The number of nitrogens with zero attached hydrogens (tertiary/aromatic N) is 2. The fourth-order valence-electron chi connectivity index (χ4n) is 2.95. The van der Waals surface area contributed by atoms with E-state index in [4.69, 9.17) is 0 Å². The predicted molar refractivity (Wildman–Crippen MR) is 82.1 cm³/mol. The number of anilines is 1. The summed E-state index contributed by atoms with van der Waals surface area (Å²) in [6, 6.07) is 0. The zero-order valence-corrected chi connectivity index (χ0v) is 12.8. The van der Waals surface area contributed by atoms with E-state index < -0.39 is 0 Å². The zero-order chi connectivity index (χ0) is 15.5. The van der Waals surface area contributed by atoms with Crippen molar-refractivity contribution in [1.82, 2.24) is 9.88 Å². The number of allylic oxidation sites excluding steroid dienone is 2. The number of hydrogen-bond donors (Lipinski definition) is 1. The highest BCUT2D eigenvalue weighted by Gasteiger charge is 2.46. The van der Waals surface area contributed by atoms with E-state index in [0.29, 0.717) is 30.9 Å². The number of imide groups is 1. The van der Waals surface area contributed by atoms with Crippen LogP contribution < -0.4 is 5.32 Å². The number of amides is 3. The largest absolute Gasteiger partial charge is 0.302 e. The smallest absolute Gasteiger partial charge is 0.233 e. The van der Waals surface area contributed by atoms with E-state index in [9.17, 15) is 14.4 Å². The first kappa shape index (κ1) is 14.9. The van der Waals surface area contributed by atoms with E-state index in [0.717, 1.165) is 0 Å². The number of thiazole rings is 1. The molecule has 0 aromatic carbocycles. The molecular formula is C15H17N3O3S. The van der Waals surface area contributed by atoms with E-state index in [-0.39, 0.29) is 36.0 Å². The molecule has 1 saturated heterocycles. The van der Waals surface area contributed by atoms with Crippen LogP contribution in [0.3, 0.4) is 0 Å². The zero-order valence-electron chi connectivity index (χ0n) is 12.0. The van der Waals surface area contributed by atoms with Crippen molar-refractivity contribution in [2.24, 2.45) is 11.8 Å². The Morgan fingerprint density at radius 3 is 2.55 bits per heavy atom. The minimum Gasteiger partial charge on any atom is -0.302 e. The molecule has 1 aromatic heterocycles. The molecule has 1 fully saturated rings. The summed E-state index contributed by atoms with van der Waals surface area (Å²) in [6.45, 7) is 0.315. The lowest BCUT2D eigenvalue weighted by atomic mass is 9.85. The Morgan fingerprint density at radius 2 is 1.95 bits per heavy atom. The van der Waals surface area contributed by atoms with Crippen molar-refractivity contribution in [3.8, 4) is 0 Å². The van der Waals surface area contributed by atoms with E-state index in [1.54, 1.807) is 11.6 Å². The molecule has 1 N–H and O–H groups in total. The van der Waals surface area contributed by atoms with Gasteiger partial charge in [0.05, 0.1) is 11.8 Å². The van der Waals surface area contributed by atoms with Gasteiger partial charge in [-0.3, -0.25) is 19.3 Å². The molecule has 0 spiro atoms. The van der Waals surface area contributed by atoms with Crippen LogP contribution in [-0.2, 0) is 14.4 Å². The molecule has 1 aliphatic carbocycles. The number of aromatic nitrogens is 1. The van der Waals surface area contributed by atoms with Crippen LogP contribution in [0.5, 0.6) is 0 Å². The quantitative estimate of drug-likeness (QED) is 0.663. The number of carbonyl (C=O) groups excluding carboxylic acids is 3. The third kappa shape index (κ3) is 2.94. The average molecular weight is 319 g/mol. The Morgan fingerprint density at radius 1 is 1.27 bits per heavy atom. The van der Waals surface area contributed by atoms with Gasteiger partial charge in [-0.15, -0.1) is 11.3 Å². The van der Waals surface area contributed by atoms with Gasteiger partial charge in [-0.2, -0.15) is 0 Å². The second-order valence-corrected chi connectivity index (χ2v) is 6.37. The Balaban J connectivity index is 1.48. The summed E-state index contributed by atoms with van der Waals surface area (Å²) in [5.41, 5.74) is 0. The van der Waals surface area contributed by atoms with Crippen molar-refractivity contribution in [2.45, 2.75) is 25.7 Å². The topological polar surface area (TPSA) is 79.4 Å². The maximum atomic E-state index is 12.2. The Kier molecular flexibility index (Phi) is 4.33. The highest BCUT2D eigenvalue weighted by atomic mass is 32.1. The molecule has 22 heavy (non-hydrogen) atoms. The second-order valence-electron chi connectivity index (χ2n) is 5.47. The number of hydrogen-bond acceptors (Lipinski definition) is 5. The van der Waals surface area contributed by atoms with Gasteiger partial charge in [0.1, 0.15) is 0 Å². The average Bonchev–Trinajstić information content (AvgIpc) is 3.10. The normalized spacial score (nSPS) is 23.7. The Labute approximate surface area is 132 Å². The van der Waals surface area contributed by atoms with Crippen LogP contribution in [0, 0.1) is 11.8 Å². The van der Waals surface area contributed by atoms with Crippen molar-refractivity contribution in [3.63, 3.8) is 0 Å². The van der Waals surface area contributed by atoms with Crippen molar-refractivity contribution >= 4 is 34.2 Å². The van der Waals surface area contributed by atoms with Gasteiger partial charge in [0, 0.05) is 24.5 Å². The Hall–Kier alpha value is -2.02. The molecule has 3 amide bonds. The summed E-state index contributed by atoms with van der Waals surface area (Å²) in [5.74, 6) is -0.698. The van der Waals surface area contributed by atoms with E-state index >= 15 is 0 Å². The minimum atomic E-state index is -0.193. The van der Waals surface area contributed by atoms with Crippen LogP contribution >= 0.6 is 11.3 Å². The van der Waals surface area contributed by atoms with Gasteiger partial charge in [-0.25, -0.2) is 4.98 Å². The molecule has 1 aliphatic heterocycles. The van der Waals surface area contributed by atoms with Gasteiger partial charge in [0.15, 0.2) is 5.13 Å². The third-order valence-electron chi connectivity index (χ3n) is 4.06. The molecule has 1 aromatic rings. The maximum Gasteiger partial charge on any atom is 0.233 e. The molecule has 0 unspecified atom stereocenters. The van der Waals surface area contributed by atoms with Crippen molar-refractivity contribution in [2.75, 3.05) is 11.9 Å². The lowest BCUT2D eigenvalue weighted by Crippen LogP contribution is -2.32. The van der Waals surface area contributed by atoms with Gasteiger partial charge in [-0.05, 0) is 19.3 Å². The van der Waals surface area contributed by atoms with Crippen LogP contribution in [0.1, 0.15) is 25.7 Å². The van der Waals surface area contributed by atoms with Crippen LogP contribution in [0.4, 0.5) is 5.13 Å². The van der Waals surface area contributed by atoms with Crippen LogP contribution in [-0.4, -0.2) is 34.2 Å². The minimum absolute atomic E-state index is 0.0836. The van der Waals surface area contributed by atoms with E-state index in [1.165, 1.54) is 16.2 Å². The number of likely N-dealkylation sites (tertiary alicyclic amines) is 1. The molecule has 0 bridgehead atoms. The van der Waals surface area contributed by atoms with Crippen LogP contribution in [0.15, 0.2) is 23.7 Å². The molecule has 0 saturated carbocycles. The van der Waals surface area contributed by atoms with E-state index in [1.807, 2.05) is 12.2 Å². The number of nitrogens with one attached hydrogen (secondary N) is 1. The van der Waals surface area contributed by atoms with Crippen LogP contribution in [0.2, 0.25) is 0 Å². The number of carbonyl (C=O) groups is 3. The van der Waals surface area contributed by atoms with Crippen molar-refractivity contribution < 1.29 is 14.4 Å². The fraction of sp³-hybridized carbons (Fsp3) is 0.467. The molecule has 0 radical (unpaired) electrons. The summed E-state index contributed by atoms with van der Waals surface area (Å²) in [6.07, 6.45) is 7.60. The summed E-state index contributed by atoms with van der Waals surface area (Å²) < 4.78 is 0. The molecule has 116 valence electrons. The summed E-state index contributed by atoms with van der Waals surface area (Å²) >= 11 is 1.36. The second kappa shape index (κ2) is 6.39. The van der Waals surface area contributed by atoms with Gasteiger partial charge < -0.3 is 5.32 Å². The van der Waals surface area contributed by atoms with Gasteiger partial charge in [0.2, 0.25) is 17.7 Å². The van der Waals surface area contributed by atoms with Crippen molar-refractivity contribution in [3.05, 3.63) is 23.7 Å². The highest BCUT2D eigenvalue weighted by molar-refractivity contribution is 7.13. The SMILES string of the molecule is O=C(CCCN1C(=O)[C@@H]2CC=CC[C@H]2C1=O)Nc1nccs1. The predicted octanol–water partition coefficient (Wildman–Crippen LogP) is 1.81. The first-order valence-electron chi connectivity index (χ1n) is 7.36. The number of rotatable bonds is 5. The fourth-order valence-corrected chi connectivity index (χ4v) is 3.50. The molecule has 2 atom stereocenters. The summed E-state index contributed by atoms with van der Waals surface area (Å²) in [7, 11) is 0. The summed E-state index contributed by atoms with van der Waals surface area (Å²) in [4.78, 5) is 41.6. The lowest BCUT2D eigenvalue weighted by Gasteiger charge is -2.14. The van der Waals surface area contributed by atoms with Crippen LogP contribution in [0.25, 0.3) is 0 Å².